The van der Waals surface area contributed by atoms with Crippen molar-refractivity contribution in [3.63, 3.8) is 0 Å². The fourth-order valence-corrected chi connectivity index (χ4v) is 2.59. The number of hydrogen-bond donors (Lipinski definition) is 0. The van der Waals surface area contributed by atoms with Gasteiger partial charge in [-0.25, -0.2) is 9.38 Å². The molecule has 0 saturated heterocycles. The summed E-state index contributed by atoms with van der Waals surface area (Å²) in [6, 6.07) is 8.68. The van der Waals surface area contributed by atoms with E-state index in [1.807, 2.05) is 37.9 Å². The zero-order chi connectivity index (χ0) is 17.0. The summed E-state index contributed by atoms with van der Waals surface area (Å²) in [7, 11) is 1.95. The third kappa shape index (κ3) is 4.69. The van der Waals surface area contributed by atoms with Crippen LogP contribution in [0.2, 0.25) is 10.0 Å². The van der Waals surface area contributed by atoms with Crippen LogP contribution in [-0.4, -0.2) is 24.8 Å². The third-order valence-electron chi connectivity index (χ3n) is 3.54. The number of hydrogen-bond acceptors (Lipinski definition) is 1. The summed E-state index contributed by atoms with van der Waals surface area (Å²) in [5, 5.41) is 0.728. The molecule has 0 atom stereocenters. The number of aryl methyl sites for hydroxylation is 1. The predicted molar refractivity (Wildman–Crippen MR) is 96.9 cm³/mol. The van der Waals surface area contributed by atoms with Crippen molar-refractivity contribution < 1.29 is 4.39 Å². The van der Waals surface area contributed by atoms with Gasteiger partial charge < -0.3 is 4.90 Å². The predicted octanol–water partition coefficient (Wildman–Crippen LogP) is 5.64. The Labute approximate surface area is 146 Å². The van der Waals surface area contributed by atoms with E-state index in [0.717, 1.165) is 28.9 Å². The fraction of sp³-hybridized carbons (Fsp3) is 0.278. The smallest absolute Gasteiger partial charge is 0.141 e. The standard InChI is InChI=1S/C18H19Cl2FN2/c1-4-23(3)11-22-17-8-12(2)7-14(18(17)20)9-13-5-6-16(21)15(19)10-13/h5-8,10-11H,4,9H2,1-3H3. The Kier molecular flexibility index (Phi) is 6.03. The molecule has 0 spiro atoms. The lowest BCUT2D eigenvalue weighted by molar-refractivity contribution is 0.552. The van der Waals surface area contributed by atoms with Gasteiger partial charge in [0.05, 0.1) is 22.1 Å². The molecule has 0 heterocycles. The largest absolute Gasteiger partial charge is 0.366 e. The molecular formula is C18H19Cl2FN2. The van der Waals surface area contributed by atoms with Gasteiger partial charge in [-0.1, -0.05) is 35.3 Å². The molecule has 2 aromatic carbocycles. The van der Waals surface area contributed by atoms with Crippen molar-refractivity contribution in [2.75, 3.05) is 13.6 Å². The molecule has 23 heavy (non-hydrogen) atoms. The van der Waals surface area contributed by atoms with Crippen LogP contribution in [0.4, 0.5) is 10.1 Å². The molecule has 0 aromatic heterocycles. The monoisotopic (exact) mass is 352 g/mol. The van der Waals surface area contributed by atoms with E-state index in [2.05, 4.69) is 4.99 Å². The zero-order valence-electron chi connectivity index (χ0n) is 13.4. The molecule has 2 nitrogen and oxygen atoms in total. The second kappa shape index (κ2) is 7.80. The number of nitrogens with zero attached hydrogens (tertiary/aromatic N) is 2. The van der Waals surface area contributed by atoms with Crippen LogP contribution >= 0.6 is 23.2 Å². The molecule has 0 aliphatic heterocycles. The van der Waals surface area contributed by atoms with Crippen molar-refractivity contribution in [2.24, 2.45) is 4.99 Å². The molecule has 0 N–H and O–H groups in total. The van der Waals surface area contributed by atoms with Crippen LogP contribution in [0.25, 0.3) is 0 Å². The lowest BCUT2D eigenvalue weighted by Crippen LogP contribution is -2.14. The van der Waals surface area contributed by atoms with Crippen molar-refractivity contribution >= 4 is 35.2 Å². The second-order valence-corrected chi connectivity index (χ2v) is 6.29. The number of halogens is 3. The van der Waals surface area contributed by atoms with E-state index < -0.39 is 5.82 Å². The van der Waals surface area contributed by atoms with Gasteiger partial charge in [-0.2, -0.15) is 0 Å². The summed E-state index contributed by atoms with van der Waals surface area (Å²) < 4.78 is 13.3. The first-order valence-electron chi connectivity index (χ1n) is 7.38. The van der Waals surface area contributed by atoms with E-state index in [-0.39, 0.29) is 5.02 Å². The first-order valence-corrected chi connectivity index (χ1v) is 8.13. The van der Waals surface area contributed by atoms with Crippen molar-refractivity contribution in [3.05, 3.63) is 62.9 Å². The third-order valence-corrected chi connectivity index (χ3v) is 4.27. The summed E-state index contributed by atoms with van der Waals surface area (Å²) in [6.07, 6.45) is 2.34. The molecule has 0 aliphatic carbocycles. The Morgan fingerprint density at radius 2 is 1.96 bits per heavy atom. The maximum Gasteiger partial charge on any atom is 0.141 e. The van der Waals surface area contributed by atoms with E-state index >= 15 is 0 Å². The summed E-state index contributed by atoms with van der Waals surface area (Å²) in [5.41, 5.74) is 3.66. The van der Waals surface area contributed by atoms with Crippen LogP contribution in [0.1, 0.15) is 23.6 Å². The SMILES string of the molecule is CCN(C)C=Nc1cc(C)cc(Cc2ccc(F)c(Cl)c2)c1Cl. The molecule has 0 saturated carbocycles. The molecular weight excluding hydrogens is 334 g/mol. The van der Waals surface area contributed by atoms with Gasteiger partial charge in [0, 0.05) is 13.6 Å². The van der Waals surface area contributed by atoms with Gasteiger partial charge in [0.15, 0.2) is 0 Å². The van der Waals surface area contributed by atoms with Gasteiger partial charge in [-0.05, 0) is 55.2 Å². The van der Waals surface area contributed by atoms with Crippen molar-refractivity contribution in [3.8, 4) is 0 Å². The van der Waals surface area contributed by atoms with Gasteiger partial charge in [0.2, 0.25) is 0 Å². The Balaban J connectivity index is 2.33. The second-order valence-electron chi connectivity index (χ2n) is 5.50. The first kappa shape index (κ1) is 17.8. The minimum Gasteiger partial charge on any atom is -0.366 e. The average molecular weight is 353 g/mol. The average Bonchev–Trinajstić information content (AvgIpc) is 2.52. The molecule has 0 amide bonds. The van der Waals surface area contributed by atoms with E-state index in [1.54, 1.807) is 18.5 Å². The van der Waals surface area contributed by atoms with Gasteiger partial charge in [-0.15, -0.1) is 0 Å². The summed E-state index contributed by atoms with van der Waals surface area (Å²) in [5.74, 6) is -0.418. The number of rotatable bonds is 5. The topological polar surface area (TPSA) is 15.6 Å². The Bertz CT molecular complexity index is 729. The fourth-order valence-electron chi connectivity index (χ4n) is 2.16. The highest BCUT2D eigenvalue weighted by Gasteiger charge is 2.09. The van der Waals surface area contributed by atoms with E-state index in [0.29, 0.717) is 11.4 Å². The van der Waals surface area contributed by atoms with Crippen molar-refractivity contribution in [2.45, 2.75) is 20.3 Å². The molecule has 122 valence electrons. The highest BCUT2D eigenvalue weighted by molar-refractivity contribution is 6.34. The summed E-state index contributed by atoms with van der Waals surface area (Å²) in [6.45, 7) is 4.92. The van der Waals surface area contributed by atoms with E-state index in [9.17, 15) is 4.39 Å². The van der Waals surface area contributed by atoms with Crippen molar-refractivity contribution in [1.29, 1.82) is 0 Å². The molecule has 2 aromatic rings. The minimum absolute atomic E-state index is 0.120. The Morgan fingerprint density at radius 1 is 1.22 bits per heavy atom. The quantitative estimate of drug-likeness (QED) is 0.501. The van der Waals surface area contributed by atoms with Gasteiger partial charge in [0.25, 0.3) is 0 Å². The molecule has 0 unspecified atom stereocenters. The van der Waals surface area contributed by atoms with Crippen LogP contribution in [0, 0.1) is 12.7 Å². The maximum atomic E-state index is 13.3. The molecule has 0 radical (unpaired) electrons. The van der Waals surface area contributed by atoms with Gasteiger partial charge >= 0.3 is 0 Å². The van der Waals surface area contributed by atoms with Gasteiger partial charge in [-0.3, -0.25) is 0 Å². The van der Waals surface area contributed by atoms with Crippen LogP contribution in [0.3, 0.4) is 0 Å². The maximum absolute atomic E-state index is 13.3. The normalized spacial score (nSPS) is 11.2. The summed E-state index contributed by atoms with van der Waals surface area (Å²) in [4.78, 5) is 6.42. The zero-order valence-corrected chi connectivity index (χ0v) is 14.9. The summed E-state index contributed by atoms with van der Waals surface area (Å²) >= 11 is 12.3. The molecule has 0 bridgehead atoms. The molecule has 0 fully saturated rings. The molecule has 5 heteroatoms. The highest BCUT2D eigenvalue weighted by Crippen LogP contribution is 2.32. The number of aliphatic imine (C=N–C) groups is 1. The Hall–Kier alpha value is -1.58. The minimum atomic E-state index is -0.418. The highest BCUT2D eigenvalue weighted by atomic mass is 35.5. The lowest BCUT2D eigenvalue weighted by atomic mass is 10.0. The van der Waals surface area contributed by atoms with Crippen LogP contribution in [0.5, 0.6) is 0 Å². The lowest BCUT2D eigenvalue weighted by Gasteiger charge is -2.12. The Morgan fingerprint density at radius 3 is 2.61 bits per heavy atom. The van der Waals surface area contributed by atoms with E-state index in [1.165, 1.54) is 6.07 Å². The van der Waals surface area contributed by atoms with E-state index in [4.69, 9.17) is 23.2 Å². The number of benzene rings is 2. The van der Waals surface area contributed by atoms with Crippen LogP contribution < -0.4 is 0 Å². The van der Waals surface area contributed by atoms with Crippen LogP contribution in [-0.2, 0) is 6.42 Å². The van der Waals surface area contributed by atoms with Gasteiger partial charge in [0.1, 0.15) is 5.82 Å². The van der Waals surface area contributed by atoms with Crippen molar-refractivity contribution in [1.82, 2.24) is 4.90 Å². The van der Waals surface area contributed by atoms with Crippen LogP contribution in [0.15, 0.2) is 35.3 Å². The first-order chi connectivity index (χ1) is 10.9. The molecule has 2 rings (SSSR count). The molecule has 0 aliphatic rings.